The number of thiazole rings is 1. The van der Waals surface area contributed by atoms with Gasteiger partial charge in [0.05, 0.1) is 11.3 Å². The van der Waals surface area contributed by atoms with Crippen molar-refractivity contribution >= 4 is 28.1 Å². The van der Waals surface area contributed by atoms with Crippen molar-refractivity contribution in [1.82, 2.24) is 19.7 Å². The molecule has 0 radical (unpaired) electrons. The highest BCUT2D eigenvalue weighted by Crippen LogP contribution is 2.42. The molecular formula is C26H28F6N6OS. The standard InChI is InChI=1S/C26H28F6N6OS/c1-15-10-16(2)38(34-15)13-23(39)37-9-8-35(11-17(37)3)21-5-4-20(25(27,28)29)18-6-7-36(12-19(18)21)24-33-22(14-40-24)26(30,31)32/h4-5,10,14,17H,6-9,11-13H2,1-3H3/t17-/m1/s1. The van der Waals surface area contributed by atoms with Gasteiger partial charge in [0.25, 0.3) is 0 Å². The van der Waals surface area contributed by atoms with Crippen molar-refractivity contribution in [3.8, 4) is 0 Å². The lowest BCUT2D eigenvalue weighted by Gasteiger charge is -2.43. The first-order valence-electron chi connectivity index (χ1n) is 12.8. The maximum Gasteiger partial charge on any atom is 0.434 e. The molecule has 7 nitrogen and oxygen atoms in total. The lowest BCUT2D eigenvalue weighted by atomic mass is 9.91. The average molecular weight is 587 g/mol. The van der Waals surface area contributed by atoms with E-state index in [4.69, 9.17) is 0 Å². The van der Waals surface area contributed by atoms with E-state index in [-0.39, 0.29) is 48.7 Å². The fraction of sp³-hybridized carbons (Fsp3) is 0.500. The van der Waals surface area contributed by atoms with Crippen LogP contribution in [0.1, 0.15) is 40.7 Å². The molecule has 2 aromatic heterocycles. The summed E-state index contributed by atoms with van der Waals surface area (Å²) in [6.45, 7) is 7.02. The van der Waals surface area contributed by atoms with Crippen LogP contribution in [-0.4, -0.2) is 57.8 Å². The number of carbonyl (C=O) groups is 1. The monoisotopic (exact) mass is 586 g/mol. The summed E-state index contributed by atoms with van der Waals surface area (Å²) in [7, 11) is 0. The zero-order valence-corrected chi connectivity index (χ0v) is 22.9. The predicted octanol–water partition coefficient (Wildman–Crippen LogP) is 5.29. The van der Waals surface area contributed by atoms with E-state index in [1.54, 1.807) is 14.5 Å². The van der Waals surface area contributed by atoms with Gasteiger partial charge in [0.1, 0.15) is 6.54 Å². The number of rotatable bonds is 4. The van der Waals surface area contributed by atoms with Crippen molar-refractivity contribution in [1.29, 1.82) is 0 Å². The maximum atomic E-state index is 13.9. The van der Waals surface area contributed by atoms with Crippen molar-refractivity contribution in [3.63, 3.8) is 0 Å². The van der Waals surface area contributed by atoms with E-state index in [0.29, 0.717) is 30.9 Å². The van der Waals surface area contributed by atoms with Gasteiger partial charge >= 0.3 is 12.4 Å². The molecule has 1 amide bonds. The predicted molar refractivity (Wildman–Crippen MR) is 138 cm³/mol. The quantitative estimate of drug-likeness (QED) is 0.389. The molecule has 1 saturated heterocycles. The van der Waals surface area contributed by atoms with Gasteiger partial charge in [-0.1, -0.05) is 0 Å². The van der Waals surface area contributed by atoms with Crippen molar-refractivity contribution in [2.45, 2.75) is 58.7 Å². The molecule has 1 fully saturated rings. The molecule has 2 aliphatic rings. The Labute approximate surface area is 231 Å². The first-order valence-corrected chi connectivity index (χ1v) is 13.7. The Bertz CT molecular complexity index is 1410. The fourth-order valence-corrected chi connectivity index (χ4v) is 6.38. The Hall–Kier alpha value is -3.29. The summed E-state index contributed by atoms with van der Waals surface area (Å²) < 4.78 is 82.7. The van der Waals surface area contributed by atoms with Crippen molar-refractivity contribution in [2.75, 3.05) is 36.0 Å². The van der Waals surface area contributed by atoms with E-state index in [1.165, 1.54) is 6.07 Å². The maximum absolute atomic E-state index is 13.9. The third-order valence-electron chi connectivity index (χ3n) is 7.42. The van der Waals surface area contributed by atoms with Gasteiger partial charge in [0, 0.05) is 55.5 Å². The van der Waals surface area contributed by atoms with Crippen LogP contribution in [0.3, 0.4) is 0 Å². The number of hydrogen-bond acceptors (Lipinski definition) is 6. The van der Waals surface area contributed by atoms with Crippen molar-refractivity contribution in [2.24, 2.45) is 0 Å². The lowest BCUT2D eigenvalue weighted by molar-refractivity contribution is -0.141. The molecule has 3 aromatic rings. The molecule has 2 aliphatic heterocycles. The number of carbonyl (C=O) groups excluding carboxylic acids is 1. The zero-order chi connectivity index (χ0) is 29.0. The second-order valence-electron chi connectivity index (χ2n) is 10.2. The number of nitrogens with zero attached hydrogens (tertiary/aromatic N) is 6. The third kappa shape index (κ3) is 5.50. The summed E-state index contributed by atoms with van der Waals surface area (Å²) in [5.74, 6) is -0.0942. The van der Waals surface area contributed by atoms with Crippen LogP contribution in [0.15, 0.2) is 23.6 Å². The minimum Gasteiger partial charge on any atom is -0.367 e. The van der Waals surface area contributed by atoms with Gasteiger partial charge in [-0.05, 0) is 56.5 Å². The van der Waals surface area contributed by atoms with Gasteiger partial charge in [-0.15, -0.1) is 11.3 Å². The number of aromatic nitrogens is 3. The van der Waals surface area contributed by atoms with Crippen LogP contribution in [0.2, 0.25) is 0 Å². The summed E-state index contributed by atoms with van der Waals surface area (Å²) in [5, 5.41) is 5.39. The van der Waals surface area contributed by atoms with E-state index in [2.05, 4.69) is 10.1 Å². The van der Waals surface area contributed by atoms with Crippen molar-refractivity contribution in [3.05, 3.63) is 57.4 Å². The Morgan fingerprint density at radius 3 is 2.38 bits per heavy atom. The number of alkyl halides is 6. The highest BCUT2D eigenvalue weighted by atomic mass is 32.1. The van der Waals surface area contributed by atoms with E-state index in [1.807, 2.05) is 31.7 Å². The summed E-state index contributed by atoms with van der Waals surface area (Å²) in [6, 6.07) is 4.19. The Morgan fingerprint density at radius 2 is 1.77 bits per heavy atom. The van der Waals surface area contributed by atoms with Crippen LogP contribution < -0.4 is 9.80 Å². The molecule has 1 atom stereocenters. The summed E-state index contributed by atoms with van der Waals surface area (Å²) >= 11 is 0.824. The number of benzene rings is 1. The first-order chi connectivity index (χ1) is 18.7. The Kier molecular flexibility index (Phi) is 7.26. The smallest absolute Gasteiger partial charge is 0.367 e. The molecule has 14 heteroatoms. The van der Waals surface area contributed by atoms with Crippen LogP contribution in [0.4, 0.5) is 37.2 Å². The molecule has 0 spiro atoms. The van der Waals surface area contributed by atoms with Crippen LogP contribution >= 0.6 is 11.3 Å². The average Bonchev–Trinajstić information content (AvgIpc) is 3.49. The van der Waals surface area contributed by atoms with Gasteiger partial charge in [-0.3, -0.25) is 9.48 Å². The number of fused-ring (bicyclic) bond motifs is 1. The fourth-order valence-electron chi connectivity index (χ4n) is 5.53. The third-order valence-corrected chi connectivity index (χ3v) is 8.32. The van der Waals surface area contributed by atoms with E-state index in [9.17, 15) is 31.1 Å². The normalized spacial score (nSPS) is 18.3. The largest absolute Gasteiger partial charge is 0.434 e. The van der Waals surface area contributed by atoms with E-state index >= 15 is 0 Å². The highest BCUT2D eigenvalue weighted by Gasteiger charge is 2.39. The molecule has 0 aliphatic carbocycles. The second-order valence-corrected chi connectivity index (χ2v) is 11.1. The molecule has 1 aromatic carbocycles. The molecule has 0 unspecified atom stereocenters. The van der Waals surface area contributed by atoms with Crippen LogP contribution in [0, 0.1) is 13.8 Å². The molecule has 40 heavy (non-hydrogen) atoms. The van der Waals surface area contributed by atoms with Crippen LogP contribution in [0.25, 0.3) is 0 Å². The number of halogens is 6. The molecular weight excluding hydrogens is 558 g/mol. The lowest BCUT2D eigenvalue weighted by Crippen LogP contribution is -2.55. The van der Waals surface area contributed by atoms with Crippen molar-refractivity contribution < 1.29 is 31.1 Å². The molecule has 0 N–H and O–H groups in total. The molecule has 216 valence electrons. The number of aryl methyl sites for hydroxylation is 2. The van der Waals surface area contributed by atoms with Gasteiger partial charge in [-0.2, -0.15) is 31.4 Å². The topological polar surface area (TPSA) is 57.5 Å². The number of anilines is 2. The summed E-state index contributed by atoms with van der Waals surface area (Å²) in [5.41, 5.74) is 1.13. The van der Waals surface area contributed by atoms with E-state index in [0.717, 1.165) is 34.2 Å². The second kappa shape index (κ2) is 10.3. The van der Waals surface area contributed by atoms with Gasteiger partial charge in [-0.25, -0.2) is 4.98 Å². The minimum atomic E-state index is -4.60. The number of hydrogen-bond donors (Lipinski definition) is 0. The van der Waals surface area contributed by atoms with Gasteiger partial charge in [0.2, 0.25) is 5.91 Å². The molecule has 5 rings (SSSR count). The Balaban J connectivity index is 1.39. The number of amides is 1. The van der Waals surface area contributed by atoms with Crippen LogP contribution in [-0.2, 0) is 36.7 Å². The zero-order valence-electron chi connectivity index (χ0n) is 22.1. The molecule has 0 bridgehead atoms. The number of piperazine rings is 1. The Morgan fingerprint density at radius 1 is 1.02 bits per heavy atom. The first kappa shape index (κ1) is 28.2. The van der Waals surface area contributed by atoms with Gasteiger partial charge in [0.15, 0.2) is 10.8 Å². The highest BCUT2D eigenvalue weighted by molar-refractivity contribution is 7.13. The SMILES string of the molecule is Cc1cc(C)n(CC(=O)N2CCN(c3ccc(C(F)(F)F)c4c3CN(c3nc(C(F)(F)F)cs3)CC4)C[C@H]2C)n1. The molecule has 4 heterocycles. The minimum absolute atomic E-state index is 0.00481. The summed E-state index contributed by atoms with van der Waals surface area (Å²) in [6.07, 6.45) is -9.13. The molecule has 0 saturated carbocycles. The van der Waals surface area contributed by atoms with Crippen LogP contribution in [0.5, 0.6) is 0 Å². The van der Waals surface area contributed by atoms with E-state index < -0.39 is 23.6 Å². The summed E-state index contributed by atoms with van der Waals surface area (Å²) in [4.78, 5) is 22.1. The van der Waals surface area contributed by atoms with Gasteiger partial charge < -0.3 is 14.7 Å².